The van der Waals surface area contributed by atoms with Gasteiger partial charge in [0.15, 0.2) is 11.5 Å². The van der Waals surface area contributed by atoms with Gasteiger partial charge in [0.1, 0.15) is 12.2 Å². The molecule has 0 bridgehead atoms. The first-order chi connectivity index (χ1) is 17.7. The highest BCUT2D eigenvalue weighted by Gasteiger charge is 2.37. The lowest BCUT2D eigenvalue weighted by atomic mass is 10.1. The normalized spacial score (nSPS) is 14.5. The van der Waals surface area contributed by atoms with E-state index in [0.717, 1.165) is 10.5 Å². The average molecular weight is 541 g/mol. The lowest BCUT2D eigenvalue weighted by Gasteiger charge is -2.26. The zero-order valence-corrected chi connectivity index (χ0v) is 20.7. The van der Waals surface area contributed by atoms with Gasteiger partial charge in [0.05, 0.1) is 28.4 Å². The first kappa shape index (κ1) is 25.7. The largest absolute Gasteiger partial charge is 0.493 e. The van der Waals surface area contributed by atoms with Crippen LogP contribution in [0.3, 0.4) is 0 Å². The highest BCUT2D eigenvalue weighted by Crippen LogP contribution is 2.32. The number of amides is 4. The van der Waals surface area contributed by atoms with Crippen LogP contribution >= 0.6 is 23.2 Å². The van der Waals surface area contributed by atoms with Gasteiger partial charge in [0, 0.05) is 0 Å². The van der Waals surface area contributed by atoms with Crippen molar-refractivity contribution >= 4 is 58.8 Å². The molecule has 0 spiro atoms. The fraction of sp³-hybridized carbons (Fsp3) is 0.0769. The molecule has 0 atom stereocenters. The van der Waals surface area contributed by atoms with Crippen LogP contribution in [0, 0.1) is 0 Å². The summed E-state index contributed by atoms with van der Waals surface area (Å²) in [7, 11) is 1.43. The fourth-order valence-electron chi connectivity index (χ4n) is 3.48. The Kier molecular flexibility index (Phi) is 7.47. The number of ether oxygens (including phenoxy) is 2. The van der Waals surface area contributed by atoms with Crippen molar-refractivity contribution < 1.29 is 33.8 Å². The number of rotatable bonds is 7. The summed E-state index contributed by atoms with van der Waals surface area (Å²) in [6.07, 6.45) is 1.32. The van der Waals surface area contributed by atoms with E-state index in [4.69, 9.17) is 37.8 Å². The Bertz CT molecular complexity index is 1450. The molecular formula is C26H18Cl2N2O7. The van der Waals surface area contributed by atoms with Gasteiger partial charge in [0.2, 0.25) is 0 Å². The first-order valence-electron chi connectivity index (χ1n) is 10.7. The van der Waals surface area contributed by atoms with E-state index in [-0.39, 0.29) is 33.5 Å². The van der Waals surface area contributed by atoms with Crippen LogP contribution < -0.4 is 19.7 Å². The maximum Gasteiger partial charge on any atom is 0.335 e. The third-order valence-electron chi connectivity index (χ3n) is 5.36. The Morgan fingerprint density at radius 3 is 2.35 bits per heavy atom. The van der Waals surface area contributed by atoms with Crippen LogP contribution in [-0.2, 0) is 16.2 Å². The molecule has 188 valence electrons. The minimum atomic E-state index is -1.02. The van der Waals surface area contributed by atoms with Crippen molar-refractivity contribution in [3.8, 4) is 11.5 Å². The molecule has 3 aromatic rings. The molecule has 11 heteroatoms. The van der Waals surface area contributed by atoms with E-state index in [9.17, 15) is 19.2 Å². The van der Waals surface area contributed by atoms with E-state index < -0.39 is 23.8 Å². The predicted octanol–water partition coefficient (Wildman–Crippen LogP) is 4.95. The van der Waals surface area contributed by atoms with Gasteiger partial charge in [-0.05, 0) is 59.7 Å². The molecule has 0 unspecified atom stereocenters. The number of carboxylic acid groups (broad SMARTS) is 1. The fourth-order valence-corrected chi connectivity index (χ4v) is 3.77. The van der Waals surface area contributed by atoms with Gasteiger partial charge in [-0.25, -0.2) is 14.5 Å². The third-order valence-corrected chi connectivity index (χ3v) is 6.10. The van der Waals surface area contributed by atoms with Crippen LogP contribution in [0.5, 0.6) is 11.5 Å². The molecule has 1 aliphatic rings. The number of imide groups is 2. The molecule has 2 N–H and O–H groups in total. The van der Waals surface area contributed by atoms with Crippen LogP contribution in [-0.4, -0.2) is 36.0 Å². The molecule has 1 fully saturated rings. The number of hydrogen-bond donors (Lipinski definition) is 2. The van der Waals surface area contributed by atoms with Crippen molar-refractivity contribution in [3.05, 3.63) is 93.0 Å². The van der Waals surface area contributed by atoms with Crippen LogP contribution in [0.2, 0.25) is 10.0 Å². The second kappa shape index (κ2) is 10.7. The lowest BCUT2D eigenvalue weighted by Crippen LogP contribution is -2.54. The number of nitrogens with one attached hydrogen (secondary N) is 1. The van der Waals surface area contributed by atoms with E-state index in [2.05, 4.69) is 5.32 Å². The smallest absolute Gasteiger partial charge is 0.335 e. The third kappa shape index (κ3) is 5.58. The number of halogens is 2. The summed E-state index contributed by atoms with van der Waals surface area (Å²) < 4.78 is 11.2. The molecule has 0 aliphatic carbocycles. The Labute approximate surface area is 220 Å². The number of benzene rings is 3. The number of methoxy groups -OCH3 is 1. The number of nitrogens with zero attached hydrogens (tertiary/aromatic N) is 1. The topological polar surface area (TPSA) is 122 Å². The quantitative estimate of drug-likeness (QED) is 0.321. The Morgan fingerprint density at radius 2 is 1.70 bits per heavy atom. The second-order valence-corrected chi connectivity index (χ2v) is 8.57. The summed E-state index contributed by atoms with van der Waals surface area (Å²) in [5.41, 5.74) is 1.22. The number of barbiturate groups is 1. The molecule has 1 saturated heterocycles. The van der Waals surface area contributed by atoms with Gasteiger partial charge < -0.3 is 14.6 Å². The van der Waals surface area contributed by atoms with Crippen LogP contribution in [0.15, 0.2) is 66.2 Å². The number of aromatic carboxylic acids is 1. The number of carboxylic acids is 1. The standard InChI is InChI=1S/C26H18Cl2N2O7/c1-36-22-11-15(4-9-21(22)37-13-14-2-5-16(6-3-14)25(33)34)10-18-23(31)29-26(35)30(24(18)32)17-7-8-19(27)20(28)12-17/h2-12H,13H2,1H3,(H,33,34)(H,29,31,35)/b18-10-. The highest BCUT2D eigenvalue weighted by molar-refractivity contribution is 6.43. The van der Waals surface area contributed by atoms with Gasteiger partial charge in [-0.3, -0.25) is 14.9 Å². The highest BCUT2D eigenvalue weighted by atomic mass is 35.5. The number of urea groups is 1. The minimum absolute atomic E-state index is 0.139. The molecule has 4 amide bonds. The second-order valence-electron chi connectivity index (χ2n) is 7.76. The molecule has 1 aliphatic heterocycles. The van der Waals surface area contributed by atoms with Gasteiger partial charge in [0.25, 0.3) is 11.8 Å². The minimum Gasteiger partial charge on any atom is -0.493 e. The molecule has 1 heterocycles. The van der Waals surface area contributed by atoms with E-state index in [1.54, 1.807) is 30.3 Å². The summed E-state index contributed by atoms with van der Waals surface area (Å²) in [6, 6.07) is 14.3. The molecular weight excluding hydrogens is 523 g/mol. The van der Waals surface area contributed by atoms with Gasteiger partial charge in [-0.15, -0.1) is 0 Å². The summed E-state index contributed by atoms with van der Waals surface area (Å²) >= 11 is 11.9. The zero-order chi connectivity index (χ0) is 26.7. The summed E-state index contributed by atoms with van der Waals surface area (Å²) in [4.78, 5) is 49.8. The van der Waals surface area contributed by atoms with Gasteiger partial charge in [-0.1, -0.05) is 41.4 Å². The molecule has 3 aromatic carbocycles. The summed E-state index contributed by atoms with van der Waals surface area (Å²) in [5.74, 6) is -1.99. The van der Waals surface area contributed by atoms with Crippen molar-refractivity contribution in [1.82, 2.24) is 5.32 Å². The Morgan fingerprint density at radius 1 is 0.973 bits per heavy atom. The van der Waals surface area contributed by atoms with E-state index in [0.29, 0.717) is 17.1 Å². The summed E-state index contributed by atoms with van der Waals surface area (Å²) in [5, 5.41) is 11.5. The number of carbonyl (C=O) groups is 4. The van der Waals surface area contributed by atoms with Crippen LogP contribution in [0.1, 0.15) is 21.5 Å². The SMILES string of the molecule is COc1cc(/C=C2/C(=O)NC(=O)N(c3ccc(Cl)c(Cl)c3)C2=O)ccc1OCc1ccc(C(=O)O)cc1. The molecule has 9 nitrogen and oxygen atoms in total. The average Bonchev–Trinajstić information content (AvgIpc) is 2.87. The summed E-state index contributed by atoms with van der Waals surface area (Å²) in [6.45, 7) is 0.151. The van der Waals surface area contributed by atoms with Crippen molar-refractivity contribution in [2.75, 3.05) is 12.0 Å². The Hall–Kier alpha value is -4.34. The van der Waals surface area contributed by atoms with Crippen molar-refractivity contribution in [2.24, 2.45) is 0 Å². The van der Waals surface area contributed by atoms with Gasteiger partial charge >= 0.3 is 12.0 Å². The zero-order valence-electron chi connectivity index (χ0n) is 19.2. The number of carbonyl (C=O) groups excluding carboxylic acids is 3. The van der Waals surface area contributed by atoms with E-state index in [1.807, 2.05) is 0 Å². The van der Waals surface area contributed by atoms with E-state index >= 15 is 0 Å². The predicted molar refractivity (Wildman–Crippen MR) is 136 cm³/mol. The molecule has 37 heavy (non-hydrogen) atoms. The van der Waals surface area contributed by atoms with Gasteiger partial charge in [-0.2, -0.15) is 0 Å². The number of hydrogen-bond acceptors (Lipinski definition) is 6. The Balaban J connectivity index is 1.57. The van der Waals surface area contributed by atoms with Crippen molar-refractivity contribution in [2.45, 2.75) is 6.61 Å². The lowest BCUT2D eigenvalue weighted by molar-refractivity contribution is -0.122. The maximum absolute atomic E-state index is 13.1. The van der Waals surface area contributed by atoms with Crippen LogP contribution in [0.25, 0.3) is 6.08 Å². The molecule has 0 aromatic heterocycles. The monoisotopic (exact) mass is 540 g/mol. The van der Waals surface area contributed by atoms with Crippen LogP contribution in [0.4, 0.5) is 10.5 Å². The first-order valence-corrected chi connectivity index (χ1v) is 11.4. The van der Waals surface area contributed by atoms with Crippen molar-refractivity contribution in [1.29, 1.82) is 0 Å². The maximum atomic E-state index is 13.1. The number of anilines is 1. The molecule has 0 saturated carbocycles. The molecule has 0 radical (unpaired) electrons. The van der Waals surface area contributed by atoms with E-state index in [1.165, 1.54) is 43.5 Å². The molecule has 4 rings (SSSR count). The van der Waals surface area contributed by atoms with Crippen molar-refractivity contribution in [3.63, 3.8) is 0 Å².